The molecule has 0 spiro atoms. The highest BCUT2D eigenvalue weighted by molar-refractivity contribution is 14.1. The van der Waals surface area contributed by atoms with Crippen LogP contribution in [0.15, 0.2) is 48.7 Å². The molecule has 9 heteroatoms. The number of rotatable bonds is 3. The fraction of sp³-hybridized carbons (Fsp3) is 0.346. The first kappa shape index (κ1) is 25.6. The molecule has 1 fully saturated rings. The summed E-state index contributed by atoms with van der Waals surface area (Å²) in [5, 5.41) is 1.85. The highest BCUT2D eigenvalue weighted by atomic mass is 127. The number of aromatic nitrogens is 1. The molecule has 0 N–H and O–H groups in total. The lowest BCUT2D eigenvalue weighted by molar-refractivity contribution is 0.0196. The first-order valence-electron chi connectivity index (χ1n) is 11.3. The van der Waals surface area contributed by atoms with Gasteiger partial charge in [0.15, 0.2) is 0 Å². The molecule has 6 nitrogen and oxygen atoms in total. The second-order valence-corrected chi connectivity index (χ2v) is 11.1. The molecule has 2 amide bonds. The van der Waals surface area contributed by atoms with E-state index in [9.17, 15) is 14.0 Å². The minimum absolute atomic E-state index is 0.0642. The average Bonchev–Trinajstić information content (AvgIpc) is 2.78. The van der Waals surface area contributed by atoms with Crippen LogP contribution >= 0.6 is 34.2 Å². The van der Waals surface area contributed by atoms with E-state index in [4.69, 9.17) is 16.3 Å². The number of anilines is 1. The molecule has 0 saturated carbocycles. The lowest BCUT2D eigenvalue weighted by Crippen LogP contribution is -2.53. The largest absolute Gasteiger partial charge is 0.444 e. The molecule has 2 heterocycles. The predicted octanol–water partition coefficient (Wildman–Crippen LogP) is 6.68. The smallest absolute Gasteiger partial charge is 0.410 e. The van der Waals surface area contributed by atoms with Gasteiger partial charge >= 0.3 is 6.09 Å². The fourth-order valence-corrected chi connectivity index (χ4v) is 4.96. The topological polar surface area (TPSA) is 62.7 Å². The van der Waals surface area contributed by atoms with Gasteiger partial charge in [-0.2, -0.15) is 0 Å². The molecule has 0 unspecified atom stereocenters. The van der Waals surface area contributed by atoms with Crippen molar-refractivity contribution in [1.82, 2.24) is 9.88 Å². The molecule has 4 rings (SSSR count). The van der Waals surface area contributed by atoms with E-state index < -0.39 is 29.5 Å². The summed E-state index contributed by atoms with van der Waals surface area (Å²) in [5.74, 6) is -0.806. The van der Waals surface area contributed by atoms with Gasteiger partial charge in [0.25, 0.3) is 5.91 Å². The number of likely N-dealkylation sites (tertiary alicyclic amines) is 1. The van der Waals surface area contributed by atoms with Crippen molar-refractivity contribution in [2.75, 3.05) is 18.0 Å². The number of carbonyl (C=O) groups excluding carboxylic acids is 2. The third kappa shape index (κ3) is 5.69. The summed E-state index contributed by atoms with van der Waals surface area (Å²) in [5.41, 5.74) is -0.708. The molecule has 35 heavy (non-hydrogen) atoms. The van der Waals surface area contributed by atoms with Crippen molar-refractivity contribution in [1.29, 1.82) is 0 Å². The molecule has 2 aromatic carbocycles. The van der Waals surface area contributed by atoms with Gasteiger partial charge in [-0.1, -0.05) is 23.7 Å². The van der Waals surface area contributed by atoms with Gasteiger partial charge < -0.3 is 9.64 Å². The summed E-state index contributed by atoms with van der Waals surface area (Å²) in [7, 11) is 0. The van der Waals surface area contributed by atoms with Crippen LogP contribution in [0.2, 0.25) is 5.02 Å². The van der Waals surface area contributed by atoms with E-state index in [0.717, 1.165) is 5.39 Å². The molecule has 3 aromatic rings. The van der Waals surface area contributed by atoms with Crippen molar-refractivity contribution in [2.24, 2.45) is 0 Å². The predicted molar refractivity (Wildman–Crippen MR) is 144 cm³/mol. The molecule has 1 saturated heterocycles. The van der Waals surface area contributed by atoms with Crippen molar-refractivity contribution >= 4 is 62.8 Å². The van der Waals surface area contributed by atoms with Crippen LogP contribution < -0.4 is 4.90 Å². The minimum atomic E-state index is -0.644. The van der Waals surface area contributed by atoms with E-state index in [2.05, 4.69) is 4.98 Å². The molecular formula is C26H26ClFIN3O3. The normalized spacial score (nSPS) is 16.3. The zero-order valence-electron chi connectivity index (χ0n) is 19.7. The number of carbonyl (C=O) groups is 2. The average molecular weight is 610 g/mol. The second kappa shape index (κ2) is 10.3. The summed E-state index contributed by atoms with van der Waals surface area (Å²) in [4.78, 5) is 34.3. The third-order valence-corrected chi connectivity index (χ3v) is 6.73. The number of amides is 2. The SMILES string of the molecule is CC(C)(C)OC(=O)N1CCC[C@@H](N(C(=O)c2ccc(I)cc2F)c2nccc3cccc(Cl)c23)C1. The molecule has 1 aromatic heterocycles. The maximum atomic E-state index is 14.9. The lowest BCUT2D eigenvalue weighted by Gasteiger charge is -2.39. The quantitative estimate of drug-likeness (QED) is 0.311. The number of nitrogens with zero attached hydrogens (tertiary/aromatic N) is 3. The molecule has 0 bridgehead atoms. The lowest BCUT2D eigenvalue weighted by atomic mass is 10.0. The van der Waals surface area contributed by atoms with Crippen LogP contribution in [-0.2, 0) is 4.74 Å². The molecule has 184 valence electrons. The number of pyridine rings is 1. The number of benzene rings is 2. The van der Waals surface area contributed by atoms with E-state index in [0.29, 0.717) is 39.2 Å². The molecule has 1 aliphatic heterocycles. The fourth-order valence-electron chi connectivity index (χ4n) is 4.24. The Morgan fingerprint density at radius 2 is 2.00 bits per heavy atom. The third-order valence-electron chi connectivity index (χ3n) is 5.74. The van der Waals surface area contributed by atoms with Crippen molar-refractivity contribution in [3.8, 4) is 0 Å². The number of piperidine rings is 1. The van der Waals surface area contributed by atoms with E-state index in [1.165, 1.54) is 17.0 Å². The Hall–Kier alpha value is -2.46. The molecular weight excluding hydrogens is 584 g/mol. The van der Waals surface area contributed by atoms with Crippen LogP contribution in [0.4, 0.5) is 15.0 Å². The van der Waals surface area contributed by atoms with E-state index in [1.54, 1.807) is 23.2 Å². The molecule has 0 radical (unpaired) electrons. The van der Waals surface area contributed by atoms with Gasteiger partial charge in [-0.25, -0.2) is 14.2 Å². The Balaban J connectivity index is 1.80. The molecule has 0 aliphatic carbocycles. The van der Waals surface area contributed by atoms with Gasteiger partial charge in [-0.15, -0.1) is 0 Å². The van der Waals surface area contributed by atoms with E-state index >= 15 is 0 Å². The van der Waals surface area contributed by atoms with Crippen LogP contribution in [0.25, 0.3) is 10.8 Å². The van der Waals surface area contributed by atoms with Crippen LogP contribution in [0.1, 0.15) is 44.0 Å². The van der Waals surface area contributed by atoms with E-state index in [-0.39, 0.29) is 12.1 Å². The summed E-state index contributed by atoms with van der Waals surface area (Å²) in [6, 6.07) is 11.3. The van der Waals surface area contributed by atoms with Gasteiger partial charge in [-0.3, -0.25) is 9.69 Å². The first-order chi connectivity index (χ1) is 16.5. The van der Waals surface area contributed by atoms with Crippen LogP contribution in [0.5, 0.6) is 0 Å². The van der Waals surface area contributed by atoms with Gasteiger partial charge in [0.1, 0.15) is 17.2 Å². The van der Waals surface area contributed by atoms with Crippen molar-refractivity contribution in [3.05, 3.63) is 68.6 Å². The summed E-state index contributed by atoms with van der Waals surface area (Å²) < 4.78 is 21.2. The first-order valence-corrected chi connectivity index (χ1v) is 12.8. The monoisotopic (exact) mass is 609 g/mol. The van der Waals surface area contributed by atoms with Crippen molar-refractivity contribution in [2.45, 2.75) is 45.3 Å². The Morgan fingerprint density at radius 3 is 2.71 bits per heavy atom. The van der Waals surface area contributed by atoms with Gasteiger partial charge in [0, 0.05) is 28.2 Å². The highest BCUT2D eigenvalue weighted by Crippen LogP contribution is 2.35. The standard InChI is InChI=1S/C26H26ClFIN3O3/c1-26(2,3)35-25(34)31-13-5-7-18(15-31)32(24(33)19-10-9-17(29)14-21(19)28)23-22-16(11-12-30-23)6-4-8-20(22)27/h4,6,8-12,14,18H,5,7,13,15H2,1-3H3/t18-/m1/s1. The zero-order valence-corrected chi connectivity index (χ0v) is 22.6. The Morgan fingerprint density at radius 1 is 1.23 bits per heavy atom. The van der Waals surface area contributed by atoms with Gasteiger partial charge in [-0.05, 0) is 91.9 Å². The number of hydrogen-bond acceptors (Lipinski definition) is 4. The number of ether oxygens (including phenoxy) is 1. The maximum absolute atomic E-state index is 14.9. The minimum Gasteiger partial charge on any atom is -0.444 e. The molecule has 1 aliphatic rings. The molecule has 1 atom stereocenters. The summed E-state index contributed by atoms with van der Waals surface area (Å²) in [6.07, 6.45) is 2.42. The van der Waals surface area contributed by atoms with Crippen molar-refractivity contribution < 1.29 is 18.7 Å². The number of halogens is 3. The van der Waals surface area contributed by atoms with Crippen molar-refractivity contribution in [3.63, 3.8) is 0 Å². The number of hydrogen-bond donors (Lipinski definition) is 0. The van der Waals surface area contributed by atoms with E-state index in [1.807, 2.05) is 61.6 Å². The Labute approximate surface area is 222 Å². The van der Waals surface area contributed by atoms with Crippen LogP contribution in [0, 0.1) is 9.39 Å². The maximum Gasteiger partial charge on any atom is 0.410 e. The number of fused-ring (bicyclic) bond motifs is 1. The van der Waals surface area contributed by atoms with Crippen LogP contribution in [0.3, 0.4) is 0 Å². The Kier molecular flexibility index (Phi) is 7.51. The van der Waals surface area contributed by atoms with Crippen LogP contribution in [-0.4, -0.2) is 46.6 Å². The Bertz CT molecular complexity index is 1280. The summed E-state index contributed by atoms with van der Waals surface area (Å²) in [6.45, 7) is 6.17. The highest BCUT2D eigenvalue weighted by Gasteiger charge is 2.36. The zero-order chi connectivity index (χ0) is 25.3. The van der Waals surface area contributed by atoms with Gasteiger partial charge in [0.05, 0.1) is 16.6 Å². The van der Waals surface area contributed by atoms with Gasteiger partial charge in [0.2, 0.25) is 0 Å². The summed E-state index contributed by atoms with van der Waals surface area (Å²) >= 11 is 8.56. The second-order valence-electron chi connectivity index (χ2n) is 9.49.